The Labute approximate surface area is 62.5 Å². The molecule has 5 nitrogen and oxygen atoms in total. The van der Waals surface area contributed by atoms with E-state index in [9.17, 15) is 4.79 Å². The molecule has 0 aromatic carbocycles. The molecule has 0 spiro atoms. The van der Waals surface area contributed by atoms with Crippen LogP contribution < -0.4 is 11.1 Å². The monoisotopic (exact) mass is 197 g/mol. The van der Waals surface area contributed by atoms with Gasteiger partial charge in [-0.1, -0.05) is 0 Å². The molecule has 9 heavy (non-hydrogen) atoms. The van der Waals surface area contributed by atoms with Crippen LogP contribution in [0, 0.1) is 5.41 Å². The van der Waals surface area contributed by atoms with Crippen molar-refractivity contribution >= 4 is 28.9 Å². The van der Waals surface area contributed by atoms with Crippen LogP contribution >= 0.6 is 17.0 Å². The molecule has 0 aliphatic rings. The van der Waals surface area contributed by atoms with Gasteiger partial charge in [-0.15, -0.1) is 17.0 Å². The summed E-state index contributed by atoms with van der Waals surface area (Å²) in [6.07, 6.45) is 0. The number of hydrogen-bond donors (Lipinski definition) is 4. The first kappa shape index (κ1) is 11.1. The van der Waals surface area contributed by atoms with Crippen LogP contribution in [-0.2, 0) is 4.79 Å². The lowest BCUT2D eigenvalue weighted by molar-refractivity contribution is -0.135. The molecule has 54 valence electrons. The number of nitrogens with two attached hydrogens (primary N) is 1. The largest absolute Gasteiger partial charge is 0.480 e. The van der Waals surface area contributed by atoms with Crippen LogP contribution in [0.15, 0.2) is 0 Å². The highest BCUT2D eigenvalue weighted by Gasteiger charge is 1.92. The highest BCUT2D eigenvalue weighted by atomic mass is 79.9. The van der Waals surface area contributed by atoms with Gasteiger partial charge in [-0.2, -0.15) is 0 Å². The molecule has 0 radical (unpaired) electrons. The fraction of sp³-hybridized carbons (Fsp3) is 0.333. The number of carboxylic acid groups (broad SMARTS) is 1. The summed E-state index contributed by atoms with van der Waals surface area (Å²) in [4.78, 5) is 9.69. The maximum absolute atomic E-state index is 9.69. The summed E-state index contributed by atoms with van der Waals surface area (Å²) in [6.45, 7) is -0.296. The lowest BCUT2D eigenvalue weighted by Gasteiger charge is -1.95. The Bertz CT molecular complexity index is 102. The molecule has 0 aliphatic heterocycles. The van der Waals surface area contributed by atoms with Crippen LogP contribution in [0.4, 0.5) is 0 Å². The Hall–Kier alpha value is -0.780. The van der Waals surface area contributed by atoms with E-state index < -0.39 is 5.97 Å². The molecule has 0 atom stereocenters. The van der Waals surface area contributed by atoms with Crippen LogP contribution in [0.5, 0.6) is 0 Å². The maximum atomic E-state index is 9.69. The third kappa shape index (κ3) is 11.0. The SMILES string of the molecule is Br.N=C(N)NCC(=O)O. The Morgan fingerprint density at radius 2 is 2.22 bits per heavy atom. The van der Waals surface area contributed by atoms with Crippen LogP contribution in [0.25, 0.3) is 0 Å². The van der Waals surface area contributed by atoms with Crippen molar-refractivity contribution in [3.05, 3.63) is 0 Å². The molecule has 0 aromatic heterocycles. The average Bonchev–Trinajstić information content (AvgIpc) is 1.61. The van der Waals surface area contributed by atoms with Crippen molar-refractivity contribution in [2.24, 2.45) is 5.73 Å². The average molecular weight is 198 g/mol. The summed E-state index contributed by atoms with van der Waals surface area (Å²) in [6, 6.07) is 0. The van der Waals surface area contributed by atoms with Gasteiger partial charge >= 0.3 is 5.97 Å². The molecule has 0 rings (SSSR count). The van der Waals surface area contributed by atoms with E-state index >= 15 is 0 Å². The van der Waals surface area contributed by atoms with E-state index in [1.807, 2.05) is 0 Å². The molecule has 0 saturated carbocycles. The van der Waals surface area contributed by atoms with E-state index in [0.29, 0.717) is 0 Å². The fourth-order valence-corrected chi connectivity index (χ4v) is 0.171. The second-order valence-corrected chi connectivity index (χ2v) is 1.16. The normalized spacial score (nSPS) is 7.11. The van der Waals surface area contributed by atoms with Crippen LogP contribution in [0.2, 0.25) is 0 Å². The van der Waals surface area contributed by atoms with Crippen molar-refractivity contribution in [2.75, 3.05) is 6.54 Å². The molecule has 0 fully saturated rings. The van der Waals surface area contributed by atoms with Gasteiger partial charge in [0.2, 0.25) is 0 Å². The number of nitrogens with one attached hydrogen (secondary N) is 2. The standard InChI is InChI=1S/C3H7N3O2.BrH/c4-3(5)6-1-2(7)8;/h1H2,(H,7,8)(H4,4,5,6);1H. The molecule has 0 amide bonds. The Morgan fingerprint density at radius 3 is 2.33 bits per heavy atom. The number of carbonyl (C=O) groups is 1. The van der Waals surface area contributed by atoms with Gasteiger partial charge in [0.1, 0.15) is 6.54 Å². The Kier molecular flexibility index (Phi) is 6.59. The zero-order chi connectivity index (χ0) is 6.57. The van der Waals surface area contributed by atoms with Crippen molar-refractivity contribution < 1.29 is 9.90 Å². The lowest BCUT2D eigenvalue weighted by atomic mass is 10.6. The molecular weight excluding hydrogens is 190 g/mol. The second-order valence-electron chi connectivity index (χ2n) is 1.16. The predicted molar refractivity (Wildman–Crippen MR) is 37.9 cm³/mol. The van der Waals surface area contributed by atoms with Gasteiger partial charge in [0, 0.05) is 0 Å². The molecule has 0 bridgehead atoms. The second kappa shape index (κ2) is 5.36. The van der Waals surface area contributed by atoms with Gasteiger partial charge in [0.05, 0.1) is 0 Å². The predicted octanol–water partition coefficient (Wildman–Crippen LogP) is -0.868. The zero-order valence-corrected chi connectivity index (χ0v) is 6.26. The van der Waals surface area contributed by atoms with Crippen LogP contribution in [0.1, 0.15) is 0 Å². The van der Waals surface area contributed by atoms with Crippen molar-refractivity contribution in [2.45, 2.75) is 0 Å². The summed E-state index contributed by atoms with van der Waals surface area (Å²) >= 11 is 0. The minimum atomic E-state index is -1.03. The van der Waals surface area contributed by atoms with Gasteiger partial charge in [-0.25, -0.2) is 0 Å². The maximum Gasteiger partial charge on any atom is 0.322 e. The number of guanidine groups is 1. The molecule has 0 aromatic rings. The smallest absolute Gasteiger partial charge is 0.322 e. The van der Waals surface area contributed by atoms with Crippen molar-refractivity contribution in [3.8, 4) is 0 Å². The van der Waals surface area contributed by atoms with Gasteiger partial charge in [0.15, 0.2) is 5.96 Å². The van der Waals surface area contributed by atoms with Gasteiger partial charge in [-0.05, 0) is 0 Å². The minimum absolute atomic E-state index is 0. The Morgan fingerprint density at radius 1 is 1.78 bits per heavy atom. The molecule has 0 saturated heterocycles. The van der Waals surface area contributed by atoms with E-state index in [-0.39, 0.29) is 29.5 Å². The molecule has 0 unspecified atom stereocenters. The van der Waals surface area contributed by atoms with E-state index in [1.165, 1.54) is 0 Å². The summed E-state index contributed by atoms with van der Waals surface area (Å²) < 4.78 is 0. The third-order valence-electron chi connectivity index (χ3n) is 0.430. The van der Waals surface area contributed by atoms with E-state index in [2.05, 4.69) is 5.32 Å². The molecule has 0 aliphatic carbocycles. The van der Waals surface area contributed by atoms with Crippen molar-refractivity contribution in [1.82, 2.24) is 5.32 Å². The van der Waals surface area contributed by atoms with E-state index in [1.54, 1.807) is 0 Å². The number of carboxylic acids is 1. The minimum Gasteiger partial charge on any atom is -0.480 e. The highest BCUT2D eigenvalue weighted by Crippen LogP contribution is 1.55. The third-order valence-corrected chi connectivity index (χ3v) is 0.430. The van der Waals surface area contributed by atoms with Crippen LogP contribution in [-0.4, -0.2) is 23.6 Å². The zero-order valence-electron chi connectivity index (χ0n) is 4.55. The van der Waals surface area contributed by atoms with Crippen molar-refractivity contribution in [1.29, 1.82) is 5.41 Å². The van der Waals surface area contributed by atoms with E-state index in [0.717, 1.165) is 0 Å². The van der Waals surface area contributed by atoms with E-state index in [4.69, 9.17) is 16.2 Å². The Balaban J connectivity index is 0. The first-order valence-electron chi connectivity index (χ1n) is 1.92. The summed E-state index contributed by atoms with van der Waals surface area (Å²) in [7, 11) is 0. The molecule has 5 N–H and O–H groups in total. The molecular formula is C3H8BrN3O2. The highest BCUT2D eigenvalue weighted by molar-refractivity contribution is 8.93. The number of rotatable bonds is 2. The summed E-state index contributed by atoms with van der Waals surface area (Å²) in [5.41, 5.74) is 4.75. The first-order valence-corrected chi connectivity index (χ1v) is 1.92. The number of aliphatic carboxylic acids is 1. The fourth-order valence-electron chi connectivity index (χ4n) is 0.171. The first-order chi connectivity index (χ1) is 3.63. The quantitative estimate of drug-likeness (QED) is 0.342. The summed E-state index contributed by atoms with van der Waals surface area (Å²) in [5.74, 6) is -1.35. The topological polar surface area (TPSA) is 99.2 Å². The molecule has 6 heteroatoms. The molecule has 0 heterocycles. The van der Waals surface area contributed by atoms with Gasteiger partial charge < -0.3 is 16.2 Å². The number of hydrogen-bond acceptors (Lipinski definition) is 2. The van der Waals surface area contributed by atoms with Gasteiger partial charge in [0.25, 0.3) is 0 Å². The van der Waals surface area contributed by atoms with Crippen molar-refractivity contribution in [3.63, 3.8) is 0 Å². The number of halogens is 1. The lowest BCUT2D eigenvalue weighted by Crippen LogP contribution is -2.34. The van der Waals surface area contributed by atoms with Gasteiger partial charge in [-0.3, -0.25) is 10.2 Å². The summed E-state index contributed by atoms with van der Waals surface area (Å²) in [5, 5.41) is 16.5. The van der Waals surface area contributed by atoms with Crippen LogP contribution in [0.3, 0.4) is 0 Å².